The average Bonchev–Trinajstić information content (AvgIpc) is 2.80. The van der Waals surface area contributed by atoms with Gasteiger partial charge in [-0.2, -0.15) is 0 Å². The maximum Gasteiger partial charge on any atom is 0.258 e. The monoisotopic (exact) mass is 372 g/mol. The number of aromatic nitrogens is 1. The highest BCUT2D eigenvalue weighted by Crippen LogP contribution is 2.27. The number of anilines is 1. The Balaban J connectivity index is 2.20. The van der Waals surface area contributed by atoms with E-state index in [2.05, 4.69) is 47.0 Å². The van der Waals surface area contributed by atoms with E-state index in [1.54, 1.807) is 18.2 Å². The van der Waals surface area contributed by atoms with E-state index in [1.165, 1.54) is 11.3 Å². The number of nitrogens with zero attached hydrogens (tertiary/aromatic N) is 1. The zero-order valence-electron chi connectivity index (χ0n) is 11.3. The summed E-state index contributed by atoms with van der Waals surface area (Å²) >= 11 is 10.8. The molecule has 1 N–H and O–H groups in total. The van der Waals surface area contributed by atoms with Crippen LogP contribution in [0, 0.1) is 0 Å². The third-order valence-electron chi connectivity index (χ3n) is 2.67. The Hall–Kier alpha value is -0.910. The zero-order valence-corrected chi connectivity index (χ0v) is 14.5. The third kappa shape index (κ3) is 3.59. The van der Waals surface area contributed by atoms with Crippen molar-refractivity contribution in [1.82, 2.24) is 4.98 Å². The number of benzene rings is 1. The molecule has 1 aromatic carbocycles. The molecule has 0 spiro atoms. The van der Waals surface area contributed by atoms with Crippen molar-refractivity contribution >= 4 is 49.9 Å². The molecule has 0 aliphatic rings. The summed E-state index contributed by atoms with van der Waals surface area (Å²) < 4.78 is 0.807. The fraction of sp³-hybridized carbons (Fsp3) is 0.286. The molecule has 0 fully saturated rings. The van der Waals surface area contributed by atoms with Gasteiger partial charge in [-0.1, -0.05) is 48.3 Å². The molecule has 2 rings (SSSR count). The van der Waals surface area contributed by atoms with E-state index in [0.29, 0.717) is 15.7 Å². The predicted octanol–water partition coefficient (Wildman–Crippen LogP) is 5.11. The number of rotatable bonds is 2. The third-order valence-corrected chi connectivity index (χ3v) is 4.25. The van der Waals surface area contributed by atoms with Gasteiger partial charge < -0.3 is 0 Å². The van der Waals surface area contributed by atoms with E-state index in [9.17, 15) is 4.79 Å². The van der Waals surface area contributed by atoms with E-state index < -0.39 is 0 Å². The Kier molecular flexibility index (Phi) is 4.52. The fourth-order valence-corrected chi connectivity index (χ4v) is 3.01. The summed E-state index contributed by atoms with van der Waals surface area (Å²) in [6.45, 7) is 6.25. The molecule has 1 aromatic heterocycles. The Morgan fingerprint density at radius 3 is 2.70 bits per heavy atom. The molecule has 3 nitrogen and oxygen atoms in total. The molecule has 0 saturated carbocycles. The second-order valence-electron chi connectivity index (χ2n) is 5.37. The zero-order chi connectivity index (χ0) is 14.9. The topological polar surface area (TPSA) is 42.0 Å². The quantitative estimate of drug-likeness (QED) is 0.795. The van der Waals surface area contributed by atoms with Crippen molar-refractivity contribution in [1.29, 1.82) is 0 Å². The number of carbonyl (C=O) groups excluding carboxylic acids is 1. The Morgan fingerprint density at radius 2 is 2.10 bits per heavy atom. The molecule has 2 aromatic rings. The number of amides is 1. The van der Waals surface area contributed by atoms with E-state index in [-0.39, 0.29) is 11.3 Å². The molecule has 106 valence electrons. The van der Waals surface area contributed by atoms with Crippen LogP contribution in [0.5, 0.6) is 0 Å². The summed E-state index contributed by atoms with van der Waals surface area (Å²) in [6, 6.07) is 5.17. The minimum Gasteiger partial charge on any atom is -0.298 e. The maximum atomic E-state index is 12.2. The van der Waals surface area contributed by atoms with Gasteiger partial charge in [0, 0.05) is 15.3 Å². The van der Waals surface area contributed by atoms with Gasteiger partial charge in [0.15, 0.2) is 5.13 Å². The lowest BCUT2D eigenvalue weighted by molar-refractivity contribution is 0.102. The van der Waals surface area contributed by atoms with Crippen molar-refractivity contribution in [2.45, 2.75) is 26.2 Å². The average molecular weight is 374 g/mol. The number of halogens is 2. The highest BCUT2D eigenvalue weighted by molar-refractivity contribution is 9.10. The largest absolute Gasteiger partial charge is 0.298 e. The molecule has 0 unspecified atom stereocenters. The van der Waals surface area contributed by atoms with Gasteiger partial charge in [-0.25, -0.2) is 4.98 Å². The minimum absolute atomic E-state index is 0.0348. The first-order valence-corrected chi connectivity index (χ1v) is 8.05. The highest BCUT2D eigenvalue weighted by Gasteiger charge is 2.19. The van der Waals surface area contributed by atoms with Crippen LogP contribution in [0.25, 0.3) is 0 Å². The van der Waals surface area contributed by atoms with Gasteiger partial charge in [-0.15, -0.1) is 11.3 Å². The lowest BCUT2D eigenvalue weighted by Gasteiger charge is -2.14. The second kappa shape index (κ2) is 5.84. The van der Waals surface area contributed by atoms with E-state index in [4.69, 9.17) is 11.6 Å². The molecule has 20 heavy (non-hydrogen) atoms. The fourth-order valence-electron chi connectivity index (χ4n) is 1.51. The molecule has 1 heterocycles. The van der Waals surface area contributed by atoms with Crippen molar-refractivity contribution in [2.24, 2.45) is 0 Å². The smallest absolute Gasteiger partial charge is 0.258 e. The lowest BCUT2D eigenvalue weighted by Crippen LogP contribution is -2.14. The Labute approximate surface area is 135 Å². The summed E-state index contributed by atoms with van der Waals surface area (Å²) in [5, 5.41) is 5.73. The second-order valence-corrected chi connectivity index (χ2v) is 7.55. The van der Waals surface area contributed by atoms with Crippen LogP contribution in [-0.4, -0.2) is 10.9 Å². The molecule has 1 amide bonds. The molecule has 0 aliphatic heterocycles. The summed E-state index contributed by atoms with van der Waals surface area (Å²) in [5.41, 5.74) is 1.35. The van der Waals surface area contributed by atoms with Crippen LogP contribution in [0.4, 0.5) is 5.13 Å². The van der Waals surface area contributed by atoms with Crippen LogP contribution in [-0.2, 0) is 5.41 Å². The number of thiazole rings is 1. The molecule has 0 atom stereocenters. The van der Waals surface area contributed by atoms with Crippen LogP contribution in [0.15, 0.2) is 28.1 Å². The lowest BCUT2D eigenvalue weighted by atomic mass is 9.93. The van der Waals surface area contributed by atoms with Crippen molar-refractivity contribution < 1.29 is 4.79 Å². The number of carbonyl (C=O) groups is 1. The summed E-state index contributed by atoms with van der Waals surface area (Å²) in [4.78, 5) is 16.6. The maximum absolute atomic E-state index is 12.2. The van der Waals surface area contributed by atoms with Crippen molar-refractivity contribution in [3.05, 3.63) is 44.3 Å². The van der Waals surface area contributed by atoms with E-state index >= 15 is 0 Å². The number of nitrogens with one attached hydrogen (secondary N) is 1. The van der Waals surface area contributed by atoms with Gasteiger partial charge in [0.05, 0.1) is 16.3 Å². The molecule has 0 aliphatic carbocycles. The molecule has 6 heteroatoms. The van der Waals surface area contributed by atoms with Crippen molar-refractivity contribution in [2.75, 3.05) is 5.32 Å². The summed E-state index contributed by atoms with van der Waals surface area (Å²) in [6.07, 6.45) is 0. The van der Waals surface area contributed by atoms with Crippen LogP contribution in [0.1, 0.15) is 36.8 Å². The van der Waals surface area contributed by atoms with E-state index in [0.717, 1.165) is 10.2 Å². The first kappa shape index (κ1) is 15.5. The Bertz CT molecular complexity index is 649. The van der Waals surface area contributed by atoms with Gasteiger partial charge >= 0.3 is 0 Å². The van der Waals surface area contributed by atoms with Crippen LogP contribution in [0.3, 0.4) is 0 Å². The summed E-state index contributed by atoms with van der Waals surface area (Å²) in [5.74, 6) is -0.258. The van der Waals surface area contributed by atoms with Gasteiger partial charge in [0.1, 0.15) is 0 Å². The van der Waals surface area contributed by atoms with Gasteiger partial charge in [-0.05, 0) is 18.2 Å². The van der Waals surface area contributed by atoms with Gasteiger partial charge in [0.25, 0.3) is 5.91 Å². The number of hydrogen-bond acceptors (Lipinski definition) is 3. The summed E-state index contributed by atoms with van der Waals surface area (Å²) in [7, 11) is 0. The van der Waals surface area contributed by atoms with Crippen LogP contribution in [0.2, 0.25) is 5.02 Å². The van der Waals surface area contributed by atoms with Gasteiger partial charge in [0.2, 0.25) is 0 Å². The standard InChI is InChI=1S/C14H14BrClN2OS/c1-14(2,3)11-7-20-13(17-11)18-12(19)9-6-8(15)4-5-10(9)16/h4-7H,1-3H3,(H,17,18,19). The molecule has 0 bridgehead atoms. The number of hydrogen-bond donors (Lipinski definition) is 1. The van der Waals surface area contributed by atoms with Crippen molar-refractivity contribution in [3.8, 4) is 0 Å². The molecular weight excluding hydrogens is 360 g/mol. The molecular formula is C14H14BrClN2OS. The highest BCUT2D eigenvalue weighted by atomic mass is 79.9. The van der Waals surface area contributed by atoms with Gasteiger partial charge in [-0.3, -0.25) is 10.1 Å². The molecule has 0 radical (unpaired) electrons. The first-order valence-electron chi connectivity index (χ1n) is 6.00. The minimum atomic E-state index is -0.258. The van der Waals surface area contributed by atoms with Crippen molar-refractivity contribution in [3.63, 3.8) is 0 Å². The van der Waals surface area contributed by atoms with Crippen LogP contribution < -0.4 is 5.32 Å². The SMILES string of the molecule is CC(C)(C)c1csc(NC(=O)c2cc(Br)ccc2Cl)n1. The normalized spacial score (nSPS) is 11.4. The predicted molar refractivity (Wildman–Crippen MR) is 87.9 cm³/mol. The molecule has 0 saturated heterocycles. The van der Waals surface area contributed by atoms with Crippen LogP contribution >= 0.6 is 38.9 Å². The Morgan fingerprint density at radius 1 is 1.40 bits per heavy atom. The first-order chi connectivity index (χ1) is 9.27. The van der Waals surface area contributed by atoms with E-state index in [1.807, 2.05) is 5.38 Å².